The number of rotatable bonds is 5. The van der Waals surface area contributed by atoms with Crippen molar-refractivity contribution in [2.24, 2.45) is 4.99 Å². The summed E-state index contributed by atoms with van der Waals surface area (Å²) in [6.45, 7) is 7.53. The molecule has 0 aliphatic heterocycles. The van der Waals surface area contributed by atoms with Crippen LogP contribution < -0.4 is 10.6 Å². The molecule has 24 heavy (non-hydrogen) atoms. The molecule has 0 aromatic heterocycles. The molecule has 1 rings (SSSR count). The first kappa shape index (κ1) is 23.1. The zero-order valence-corrected chi connectivity index (χ0v) is 18.0. The summed E-state index contributed by atoms with van der Waals surface area (Å²) in [7, 11) is -1.55. The average Bonchev–Trinajstić information content (AvgIpc) is 2.44. The third-order valence-electron chi connectivity index (χ3n) is 3.50. The number of nitrogens with zero attached hydrogens (tertiary/aromatic N) is 1. The largest absolute Gasteiger partial charge is 0.355 e. The minimum atomic E-state index is -3.17. The fourth-order valence-corrected chi connectivity index (χ4v) is 2.82. The minimum absolute atomic E-state index is 0. The van der Waals surface area contributed by atoms with E-state index in [0.29, 0.717) is 18.1 Å². The molecule has 0 saturated heterocycles. The normalized spacial score (nSPS) is 12.5. The predicted molar refractivity (Wildman–Crippen MR) is 108 cm³/mol. The summed E-state index contributed by atoms with van der Waals surface area (Å²) in [6.07, 6.45) is 0. The van der Waals surface area contributed by atoms with E-state index in [-0.39, 0.29) is 42.1 Å². The van der Waals surface area contributed by atoms with E-state index < -0.39 is 14.6 Å². The Morgan fingerprint density at radius 3 is 2.38 bits per heavy atom. The molecule has 1 aromatic rings. The highest BCUT2D eigenvalue weighted by molar-refractivity contribution is 14.0. The Kier molecular flexibility index (Phi) is 9.19. The Bertz CT molecular complexity index is 670. The fourth-order valence-electron chi connectivity index (χ4n) is 1.83. The highest BCUT2D eigenvalue weighted by Crippen LogP contribution is 2.15. The third kappa shape index (κ3) is 6.92. The van der Waals surface area contributed by atoms with E-state index in [0.717, 1.165) is 5.56 Å². The first-order chi connectivity index (χ1) is 10.6. The van der Waals surface area contributed by atoms with Crippen LogP contribution in [-0.4, -0.2) is 38.5 Å². The first-order valence-electron chi connectivity index (χ1n) is 7.48. The van der Waals surface area contributed by atoms with Crippen molar-refractivity contribution in [2.45, 2.75) is 39.0 Å². The van der Waals surface area contributed by atoms with Gasteiger partial charge in [-0.1, -0.05) is 12.1 Å². The highest BCUT2D eigenvalue weighted by atomic mass is 127. The number of halogens is 2. The van der Waals surface area contributed by atoms with Gasteiger partial charge in [0.15, 0.2) is 15.8 Å². The first-order valence-corrected chi connectivity index (χ1v) is 9.14. The molecule has 0 spiro atoms. The van der Waals surface area contributed by atoms with Gasteiger partial charge in [0, 0.05) is 20.1 Å². The van der Waals surface area contributed by atoms with Gasteiger partial charge in [0.05, 0.1) is 10.5 Å². The summed E-state index contributed by atoms with van der Waals surface area (Å²) in [6, 6.07) is 4.89. The van der Waals surface area contributed by atoms with Crippen LogP contribution in [0.2, 0.25) is 0 Å². The second-order valence-corrected chi connectivity index (χ2v) is 9.23. The Balaban J connectivity index is 0.00000529. The number of aryl methyl sites for hydroxylation is 1. The van der Waals surface area contributed by atoms with Gasteiger partial charge in [0.25, 0.3) is 0 Å². The van der Waals surface area contributed by atoms with Crippen LogP contribution in [0.25, 0.3) is 0 Å². The van der Waals surface area contributed by atoms with Crippen molar-refractivity contribution in [3.8, 4) is 0 Å². The predicted octanol–water partition coefficient (Wildman–Crippen LogP) is 2.63. The summed E-state index contributed by atoms with van der Waals surface area (Å²) in [5.74, 6) is 0.312. The Hall–Kier alpha value is -0.900. The summed E-state index contributed by atoms with van der Waals surface area (Å²) in [4.78, 5) is 4.05. The standard InChI is InChI=1S/C16H26FN3O2S.HI/c1-12-10-13(6-7-14(12)17)11-20-15(18-5)19-8-9-23(21,22)16(2,3)4;/h6-7,10H,8-9,11H2,1-5H3,(H2,18,19,20);1H. The summed E-state index contributed by atoms with van der Waals surface area (Å²) in [5, 5.41) is 6.06. The highest BCUT2D eigenvalue weighted by Gasteiger charge is 2.28. The molecule has 0 amide bonds. The molecule has 0 aliphatic carbocycles. The van der Waals surface area contributed by atoms with Crippen molar-refractivity contribution in [3.63, 3.8) is 0 Å². The lowest BCUT2D eigenvalue weighted by molar-refractivity contribution is 0.559. The summed E-state index contributed by atoms with van der Waals surface area (Å²) < 4.78 is 36.5. The van der Waals surface area contributed by atoms with Crippen molar-refractivity contribution in [2.75, 3.05) is 19.3 Å². The quantitative estimate of drug-likeness (QED) is 0.394. The van der Waals surface area contributed by atoms with Crippen molar-refractivity contribution in [1.29, 1.82) is 0 Å². The maximum absolute atomic E-state index is 13.2. The molecule has 138 valence electrons. The number of hydrogen-bond donors (Lipinski definition) is 2. The molecule has 0 radical (unpaired) electrons. The van der Waals surface area contributed by atoms with E-state index in [2.05, 4.69) is 15.6 Å². The zero-order chi connectivity index (χ0) is 17.7. The number of hydrogen-bond acceptors (Lipinski definition) is 3. The molecule has 0 saturated carbocycles. The average molecular weight is 471 g/mol. The Labute approximate surface area is 161 Å². The Morgan fingerprint density at radius 2 is 1.88 bits per heavy atom. The van der Waals surface area contributed by atoms with E-state index in [9.17, 15) is 12.8 Å². The van der Waals surface area contributed by atoms with Gasteiger partial charge in [-0.2, -0.15) is 0 Å². The third-order valence-corrected chi connectivity index (χ3v) is 6.11. The van der Waals surface area contributed by atoms with Crippen molar-refractivity contribution >= 4 is 39.8 Å². The van der Waals surface area contributed by atoms with Crippen LogP contribution in [0.4, 0.5) is 4.39 Å². The maximum atomic E-state index is 13.2. The fraction of sp³-hybridized carbons (Fsp3) is 0.562. The molecule has 0 heterocycles. The summed E-state index contributed by atoms with van der Waals surface area (Å²) >= 11 is 0. The molecule has 2 N–H and O–H groups in total. The number of nitrogens with one attached hydrogen (secondary N) is 2. The lowest BCUT2D eigenvalue weighted by Crippen LogP contribution is -2.41. The lowest BCUT2D eigenvalue weighted by atomic mass is 10.1. The van der Waals surface area contributed by atoms with Crippen LogP contribution in [0, 0.1) is 12.7 Å². The van der Waals surface area contributed by atoms with Crippen molar-refractivity contribution < 1.29 is 12.8 Å². The van der Waals surface area contributed by atoms with E-state index in [1.54, 1.807) is 46.9 Å². The van der Waals surface area contributed by atoms with Crippen LogP contribution in [0.15, 0.2) is 23.2 Å². The molecule has 0 atom stereocenters. The van der Waals surface area contributed by atoms with E-state index in [1.807, 2.05) is 0 Å². The van der Waals surface area contributed by atoms with Crippen LogP contribution in [0.5, 0.6) is 0 Å². The van der Waals surface area contributed by atoms with E-state index in [4.69, 9.17) is 0 Å². The smallest absolute Gasteiger partial charge is 0.191 e. The molecule has 5 nitrogen and oxygen atoms in total. The zero-order valence-electron chi connectivity index (χ0n) is 14.8. The number of sulfone groups is 1. The van der Waals surface area contributed by atoms with Crippen LogP contribution >= 0.6 is 24.0 Å². The van der Waals surface area contributed by atoms with Gasteiger partial charge in [-0.25, -0.2) is 12.8 Å². The van der Waals surface area contributed by atoms with Crippen LogP contribution in [0.3, 0.4) is 0 Å². The van der Waals surface area contributed by atoms with Crippen LogP contribution in [0.1, 0.15) is 31.9 Å². The van der Waals surface area contributed by atoms with E-state index in [1.165, 1.54) is 6.07 Å². The number of aliphatic imine (C=N–C) groups is 1. The molecule has 8 heteroatoms. The molecular formula is C16H27FIN3O2S. The molecule has 0 fully saturated rings. The SMILES string of the molecule is CN=C(NCCS(=O)(=O)C(C)(C)C)NCc1ccc(F)c(C)c1.I. The lowest BCUT2D eigenvalue weighted by Gasteiger charge is -2.19. The monoisotopic (exact) mass is 471 g/mol. The van der Waals surface area contributed by atoms with Gasteiger partial charge < -0.3 is 10.6 Å². The van der Waals surface area contributed by atoms with Gasteiger partial charge >= 0.3 is 0 Å². The maximum Gasteiger partial charge on any atom is 0.191 e. The minimum Gasteiger partial charge on any atom is -0.355 e. The van der Waals surface area contributed by atoms with Crippen LogP contribution in [-0.2, 0) is 16.4 Å². The van der Waals surface area contributed by atoms with E-state index >= 15 is 0 Å². The molecule has 0 bridgehead atoms. The topological polar surface area (TPSA) is 70.6 Å². The molecule has 0 unspecified atom stereocenters. The second-order valence-electron chi connectivity index (χ2n) is 6.37. The molecule has 0 aliphatic rings. The van der Waals surface area contributed by atoms with Crippen molar-refractivity contribution in [1.82, 2.24) is 10.6 Å². The van der Waals surface area contributed by atoms with Gasteiger partial charge in [-0.15, -0.1) is 24.0 Å². The number of guanidine groups is 1. The van der Waals surface area contributed by atoms with Crippen molar-refractivity contribution in [3.05, 3.63) is 35.1 Å². The number of benzene rings is 1. The Morgan fingerprint density at radius 1 is 1.25 bits per heavy atom. The molecule has 1 aromatic carbocycles. The van der Waals surface area contributed by atoms with Gasteiger partial charge in [-0.3, -0.25) is 4.99 Å². The molecular weight excluding hydrogens is 444 g/mol. The second kappa shape index (κ2) is 9.55. The van der Waals surface area contributed by atoms with Gasteiger partial charge in [0.2, 0.25) is 0 Å². The summed E-state index contributed by atoms with van der Waals surface area (Å²) in [5.41, 5.74) is 1.51. The van der Waals surface area contributed by atoms with Gasteiger partial charge in [0.1, 0.15) is 5.82 Å². The van der Waals surface area contributed by atoms with Gasteiger partial charge in [-0.05, 0) is 44.9 Å².